The summed E-state index contributed by atoms with van der Waals surface area (Å²) in [5, 5.41) is 6.63. The summed E-state index contributed by atoms with van der Waals surface area (Å²) in [7, 11) is 1.64. The SMILES string of the molecule is COc1ccc(Nc2nc3c(c(Nc4cc(C)cc(C)c4)n2)C(=O)CC(C)C3)cc1. The Morgan fingerprint density at radius 3 is 2.30 bits per heavy atom. The van der Waals surface area contributed by atoms with Crippen LogP contribution in [0.2, 0.25) is 0 Å². The van der Waals surface area contributed by atoms with Gasteiger partial charge in [-0.05, 0) is 73.7 Å². The fourth-order valence-electron chi connectivity index (χ4n) is 3.90. The predicted octanol–water partition coefficient (Wildman–Crippen LogP) is 5.35. The second kappa shape index (κ2) is 8.14. The molecule has 1 unspecified atom stereocenters. The van der Waals surface area contributed by atoms with E-state index >= 15 is 0 Å². The van der Waals surface area contributed by atoms with Gasteiger partial charge in [-0.15, -0.1) is 0 Å². The molecule has 0 radical (unpaired) electrons. The van der Waals surface area contributed by atoms with Crippen molar-refractivity contribution in [1.29, 1.82) is 0 Å². The van der Waals surface area contributed by atoms with Crippen LogP contribution < -0.4 is 15.4 Å². The highest BCUT2D eigenvalue weighted by atomic mass is 16.5. The minimum absolute atomic E-state index is 0.0895. The summed E-state index contributed by atoms with van der Waals surface area (Å²) < 4.78 is 5.22. The van der Waals surface area contributed by atoms with Crippen LogP contribution in [-0.4, -0.2) is 22.9 Å². The maximum absolute atomic E-state index is 12.8. The second-order valence-electron chi connectivity index (χ2n) is 8.01. The smallest absolute Gasteiger partial charge is 0.229 e. The molecular weight excluding hydrogens is 376 g/mol. The molecule has 0 aliphatic heterocycles. The molecular formula is C24H26N4O2. The van der Waals surface area contributed by atoms with E-state index in [9.17, 15) is 4.79 Å². The van der Waals surface area contributed by atoms with Crippen LogP contribution in [-0.2, 0) is 6.42 Å². The number of hydrogen-bond donors (Lipinski definition) is 2. The van der Waals surface area contributed by atoms with Gasteiger partial charge in [-0.2, -0.15) is 4.98 Å². The van der Waals surface area contributed by atoms with E-state index in [0.717, 1.165) is 40.4 Å². The van der Waals surface area contributed by atoms with Gasteiger partial charge in [0.15, 0.2) is 5.78 Å². The zero-order valence-electron chi connectivity index (χ0n) is 17.7. The molecule has 2 N–H and O–H groups in total. The minimum Gasteiger partial charge on any atom is -0.497 e. The molecule has 154 valence electrons. The van der Waals surface area contributed by atoms with E-state index in [1.807, 2.05) is 36.4 Å². The predicted molar refractivity (Wildman–Crippen MR) is 119 cm³/mol. The average Bonchev–Trinajstić information content (AvgIpc) is 2.67. The number of methoxy groups -OCH3 is 1. The Balaban J connectivity index is 1.73. The lowest BCUT2D eigenvalue weighted by Crippen LogP contribution is -2.22. The molecule has 0 amide bonds. The van der Waals surface area contributed by atoms with E-state index in [0.29, 0.717) is 23.8 Å². The molecule has 0 saturated carbocycles. The fraction of sp³-hybridized carbons (Fsp3) is 0.292. The largest absolute Gasteiger partial charge is 0.497 e. The van der Waals surface area contributed by atoms with Gasteiger partial charge in [0.25, 0.3) is 0 Å². The standard InChI is InChI=1S/C24H26N4O2/c1-14-9-15(2)11-18(10-14)25-23-22-20(12-16(3)13-21(22)29)27-24(28-23)26-17-5-7-19(30-4)8-6-17/h5-11,16H,12-13H2,1-4H3,(H2,25,26,27,28). The Labute approximate surface area is 176 Å². The van der Waals surface area contributed by atoms with Gasteiger partial charge < -0.3 is 15.4 Å². The first-order chi connectivity index (χ1) is 14.4. The number of aryl methyl sites for hydroxylation is 2. The Morgan fingerprint density at radius 1 is 0.933 bits per heavy atom. The quantitative estimate of drug-likeness (QED) is 0.599. The maximum Gasteiger partial charge on any atom is 0.229 e. The van der Waals surface area contributed by atoms with E-state index in [4.69, 9.17) is 4.74 Å². The first kappa shape index (κ1) is 19.9. The lowest BCUT2D eigenvalue weighted by molar-refractivity contribution is 0.0953. The number of nitrogens with one attached hydrogen (secondary N) is 2. The van der Waals surface area contributed by atoms with Gasteiger partial charge in [0.2, 0.25) is 5.95 Å². The Kier molecular flexibility index (Phi) is 5.40. The molecule has 0 fully saturated rings. The van der Waals surface area contributed by atoms with Crippen LogP contribution in [0, 0.1) is 19.8 Å². The van der Waals surface area contributed by atoms with Crippen molar-refractivity contribution in [2.24, 2.45) is 5.92 Å². The number of nitrogens with zero attached hydrogens (tertiary/aromatic N) is 2. The summed E-state index contributed by atoms with van der Waals surface area (Å²) in [6.45, 7) is 6.19. The van der Waals surface area contributed by atoms with Crippen LogP contribution in [0.1, 0.15) is 40.5 Å². The van der Waals surface area contributed by atoms with E-state index in [1.165, 1.54) is 0 Å². The summed E-state index contributed by atoms with van der Waals surface area (Å²) >= 11 is 0. The third-order valence-electron chi connectivity index (χ3n) is 5.17. The van der Waals surface area contributed by atoms with Crippen LogP contribution in [0.4, 0.5) is 23.1 Å². The lowest BCUT2D eigenvalue weighted by Gasteiger charge is -2.23. The number of benzene rings is 2. The molecule has 1 aromatic heterocycles. The third-order valence-corrected chi connectivity index (χ3v) is 5.17. The number of aromatic nitrogens is 2. The number of anilines is 4. The maximum atomic E-state index is 12.8. The zero-order valence-corrected chi connectivity index (χ0v) is 17.7. The molecule has 6 heteroatoms. The summed E-state index contributed by atoms with van der Waals surface area (Å²) in [5.41, 5.74) is 5.46. The Bertz CT molecular complexity index is 1070. The number of ketones is 1. The third kappa shape index (κ3) is 4.27. The molecule has 4 rings (SSSR count). The Morgan fingerprint density at radius 2 is 1.63 bits per heavy atom. The minimum atomic E-state index is 0.0895. The van der Waals surface area contributed by atoms with Crippen molar-refractivity contribution in [2.45, 2.75) is 33.6 Å². The van der Waals surface area contributed by atoms with Crippen LogP contribution in [0.25, 0.3) is 0 Å². The topological polar surface area (TPSA) is 76.1 Å². The molecule has 1 aliphatic rings. The molecule has 1 atom stereocenters. The summed E-state index contributed by atoms with van der Waals surface area (Å²) in [6, 6.07) is 13.8. The average molecular weight is 402 g/mol. The van der Waals surface area contributed by atoms with Gasteiger partial charge in [-0.25, -0.2) is 4.98 Å². The van der Waals surface area contributed by atoms with E-state index in [2.05, 4.69) is 47.4 Å². The van der Waals surface area contributed by atoms with Crippen LogP contribution in [0.15, 0.2) is 42.5 Å². The molecule has 6 nitrogen and oxygen atoms in total. The molecule has 1 aliphatic carbocycles. The van der Waals surface area contributed by atoms with Crippen molar-refractivity contribution in [1.82, 2.24) is 9.97 Å². The van der Waals surface area contributed by atoms with E-state index in [-0.39, 0.29) is 11.7 Å². The number of Topliss-reactive ketones (excluding diaryl/α,β-unsaturated/α-hetero) is 1. The number of carbonyl (C=O) groups excluding carboxylic acids is 1. The number of carbonyl (C=O) groups is 1. The number of fused-ring (bicyclic) bond motifs is 1. The van der Waals surface area contributed by atoms with Crippen molar-refractivity contribution in [3.05, 3.63) is 64.8 Å². The first-order valence-corrected chi connectivity index (χ1v) is 10.1. The molecule has 2 aromatic carbocycles. The van der Waals surface area contributed by atoms with Crippen molar-refractivity contribution in [2.75, 3.05) is 17.7 Å². The highest BCUT2D eigenvalue weighted by molar-refractivity contribution is 6.03. The summed E-state index contributed by atoms with van der Waals surface area (Å²) in [6.07, 6.45) is 1.27. The van der Waals surface area contributed by atoms with Crippen molar-refractivity contribution < 1.29 is 9.53 Å². The van der Waals surface area contributed by atoms with Gasteiger partial charge >= 0.3 is 0 Å². The number of ether oxygens (including phenoxy) is 1. The lowest BCUT2D eigenvalue weighted by atomic mass is 9.87. The summed E-state index contributed by atoms with van der Waals surface area (Å²) in [4.78, 5) is 22.2. The first-order valence-electron chi connectivity index (χ1n) is 10.1. The van der Waals surface area contributed by atoms with E-state index in [1.54, 1.807) is 7.11 Å². The second-order valence-corrected chi connectivity index (χ2v) is 8.01. The highest BCUT2D eigenvalue weighted by Gasteiger charge is 2.28. The monoisotopic (exact) mass is 402 g/mol. The zero-order chi connectivity index (χ0) is 21.3. The van der Waals surface area contributed by atoms with Gasteiger partial charge in [0.1, 0.15) is 11.6 Å². The van der Waals surface area contributed by atoms with Crippen LogP contribution in [0.3, 0.4) is 0 Å². The normalized spacial score (nSPS) is 15.5. The fourth-order valence-corrected chi connectivity index (χ4v) is 3.90. The molecule has 0 spiro atoms. The van der Waals surface area contributed by atoms with Gasteiger partial charge in [0, 0.05) is 17.8 Å². The van der Waals surface area contributed by atoms with Crippen LogP contribution in [0.5, 0.6) is 5.75 Å². The van der Waals surface area contributed by atoms with Gasteiger partial charge in [-0.1, -0.05) is 13.0 Å². The molecule has 0 bridgehead atoms. The molecule has 30 heavy (non-hydrogen) atoms. The molecule has 1 heterocycles. The number of rotatable bonds is 5. The van der Waals surface area contributed by atoms with E-state index < -0.39 is 0 Å². The Hall–Kier alpha value is -3.41. The van der Waals surface area contributed by atoms with Crippen LogP contribution >= 0.6 is 0 Å². The summed E-state index contributed by atoms with van der Waals surface area (Å²) in [5.74, 6) is 2.16. The molecule has 0 saturated heterocycles. The van der Waals surface area contributed by atoms with Gasteiger partial charge in [0.05, 0.1) is 18.4 Å². The van der Waals surface area contributed by atoms with Crippen molar-refractivity contribution in [3.8, 4) is 5.75 Å². The molecule has 3 aromatic rings. The van der Waals surface area contributed by atoms with Crippen molar-refractivity contribution >= 4 is 28.9 Å². The number of hydrogen-bond acceptors (Lipinski definition) is 6. The van der Waals surface area contributed by atoms with Crippen molar-refractivity contribution in [3.63, 3.8) is 0 Å². The highest BCUT2D eigenvalue weighted by Crippen LogP contribution is 2.32. The van der Waals surface area contributed by atoms with Gasteiger partial charge in [-0.3, -0.25) is 4.79 Å².